The molecule has 0 amide bonds. The second-order valence-electron chi connectivity index (χ2n) is 20.4. The van der Waals surface area contributed by atoms with Crippen LogP contribution < -0.4 is 4.90 Å². The summed E-state index contributed by atoms with van der Waals surface area (Å²) < 4.78 is 0. The molecule has 8 aromatic carbocycles. The maximum atomic E-state index is 2.52. The van der Waals surface area contributed by atoms with Crippen LogP contribution in [0.15, 0.2) is 182 Å². The Bertz CT molecular complexity index is 2970. The average Bonchev–Trinajstić information content (AvgIpc) is 3.68. The maximum Gasteiger partial charge on any atom is 0.0465 e. The highest BCUT2D eigenvalue weighted by Gasteiger charge is 2.45. The zero-order valence-corrected chi connectivity index (χ0v) is 37.8. The van der Waals surface area contributed by atoms with Crippen molar-refractivity contribution in [1.29, 1.82) is 0 Å². The highest BCUT2D eigenvalue weighted by atomic mass is 15.1. The van der Waals surface area contributed by atoms with Crippen molar-refractivity contribution in [2.24, 2.45) is 0 Å². The van der Waals surface area contributed by atoms with E-state index in [-0.39, 0.29) is 21.7 Å². The molecule has 10 rings (SSSR count). The number of hydrogen-bond donors (Lipinski definition) is 0. The lowest BCUT2D eigenvalue weighted by atomic mass is 9.68. The van der Waals surface area contributed by atoms with Gasteiger partial charge in [-0.3, -0.25) is 0 Å². The third-order valence-electron chi connectivity index (χ3n) is 14.0. The molecule has 0 spiro atoms. The molecule has 0 saturated carbocycles. The summed E-state index contributed by atoms with van der Waals surface area (Å²) in [6.45, 7) is 21.4. The molecule has 1 atom stereocenters. The number of rotatable bonds is 6. The summed E-state index contributed by atoms with van der Waals surface area (Å²) >= 11 is 0. The van der Waals surface area contributed by atoms with Crippen molar-refractivity contribution in [3.05, 3.63) is 221 Å². The van der Waals surface area contributed by atoms with Crippen LogP contribution in [0.5, 0.6) is 0 Å². The number of fused-ring (bicyclic) bond motifs is 6. The van der Waals surface area contributed by atoms with Crippen molar-refractivity contribution in [2.75, 3.05) is 4.90 Å². The van der Waals surface area contributed by atoms with E-state index in [1.807, 2.05) is 0 Å². The molecule has 0 N–H and O–H groups in total. The number of benzene rings is 8. The molecular formula is C61H57N. The molecule has 2 aliphatic rings. The molecule has 0 aliphatic heterocycles. The van der Waals surface area contributed by atoms with E-state index in [4.69, 9.17) is 0 Å². The Kier molecular flexibility index (Phi) is 9.16. The van der Waals surface area contributed by atoms with Crippen molar-refractivity contribution in [1.82, 2.24) is 0 Å². The summed E-state index contributed by atoms with van der Waals surface area (Å²) in [5, 5.41) is 0. The second-order valence-corrected chi connectivity index (χ2v) is 20.4. The predicted octanol–water partition coefficient (Wildman–Crippen LogP) is 16.7. The first kappa shape index (κ1) is 39.7. The van der Waals surface area contributed by atoms with Crippen molar-refractivity contribution in [3.8, 4) is 44.5 Å². The van der Waals surface area contributed by atoms with Crippen LogP contribution in [0.2, 0.25) is 0 Å². The zero-order valence-electron chi connectivity index (χ0n) is 37.8. The monoisotopic (exact) mass is 803 g/mol. The van der Waals surface area contributed by atoms with E-state index in [9.17, 15) is 0 Å². The van der Waals surface area contributed by atoms with E-state index in [1.165, 1.54) is 83.5 Å². The summed E-state index contributed by atoms with van der Waals surface area (Å²) in [5.74, 6) is 0. The second kappa shape index (κ2) is 14.3. The molecule has 306 valence electrons. The van der Waals surface area contributed by atoms with Crippen LogP contribution in [0.4, 0.5) is 17.1 Å². The molecule has 0 bridgehead atoms. The molecule has 0 saturated heterocycles. The Balaban J connectivity index is 1.14. The highest BCUT2D eigenvalue weighted by molar-refractivity contribution is 5.96. The number of anilines is 3. The van der Waals surface area contributed by atoms with Crippen LogP contribution in [0, 0.1) is 0 Å². The lowest BCUT2D eigenvalue weighted by Crippen LogP contribution is -2.28. The highest BCUT2D eigenvalue weighted by Crippen LogP contribution is 2.59. The quantitative estimate of drug-likeness (QED) is 0.162. The van der Waals surface area contributed by atoms with Gasteiger partial charge in [0.2, 0.25) is 0 Å². The molecular weight excluding hydrogens is 747 g/mol. The van der Waals surface area contributed by atoms with Crippen molar-refractivity contribution < 1.29 is 0 Å². The Morgan fingerprint density at radius 2 is 0.919 bits per heavy atom. The van der Waals surface area contributed by atoms with Gasteiger partial charge in [0.1, 0.15) is 0 Å². The smallest absolute Gasteiger partial charge is 0.0465 e. The molecule has 8 aromatic rings. The van der Waals surface area contributed by atoms with Gasteiger partial charge >= 0.3 is 0 Å². The molecule has 0 fully saturated rings. The van der Waals surface area contributed by atoms with Gasteiger partial charge in [0.05, 0.1) is 0 Å². The zero-order chi connectivity index (χ0) is 43.2. The van der Waals surface area contributed by atoms with Crippen molar-refractivity contribution >= 4 is 17.1 Å². The third kappa shape index (κ3) is 6.27. The first-order valence-corrected chi connectivity index (χ1v) is 22.3. The molecule has 1 unspecified atom stereocenters. The number of nitrogens with zero attached hydrogens (tertiary/aromatic N) is 1. The summed E-state index contributed by atoms with van der Waals surface area (Å²) in [6.07, 6.45) is 0. The molecule has 0 aromatic heterocycles. The van der Waals surface area contributed by atoms with Crippen LogP contribution >= 0.6 is 0 Å². The fourth-order valence-corrected chi connectivity index (χ4v) is 10.6. The average molecular weight is 804 g/mol. The normalized spacial score (nSPS) is 16.0. The van der Waals surface area contributed by atoms with E-state index >= 15 is 0 Å². The first-order valence-electron chi connectivity index (χ1n) is 22.3. The van der Waals surface area contributed by atoms with Crippen LogP contribution in [-0.2, 0) is 21.7 Å². The lowest BCUT2D eigenvalue weighted by Gasteiger charge is -2.35. The van der Waals surface area contributed by atoms with Crippen LogP contribution in [0.1, 0.15) is 101 Å². The van der Waals surface area contributed by atoms with Crippen LogP contribution in [-0.4, -0.2) is 0 Å². The standard InChI is InChI=1S/C61H57N/c1-58(2,3)44-37-51-56-48(24-18-26-53(56)61(9,43-21-14-11-15-22-43)57(51)55(38-44)59(4,5)6)42-29-33-46(34-30-42)62(45-31-27-41(28-32-45)40-19-12-10-13-20-40)47-35-36-50-49-23-16-17-25-52(49)60(7,8)54(50)39-47/h10-39H,1-9H3. The molecule has 1 heteroatoms. The fraction of sp³-hybridized carbons (Fsp3) is 0.213. The molecule has 0 radical (unpaired) electrons. The van der Waals surface area contributed by atoms with E-state index in [0.717, 1.165) is 17.1 Å². The van der Waals surface area contributed by atoms with E-state index in [0.29, 0.717) is 0 Å². The molecule has 1 nitrogen and oxygen atoms in total. The Morgan fingerprint density at radius 1 is 0.387 bits per heavy atom. The van der Waals surface area contributed by atoms with E-state index in [1.54, 1.807) is 0 Å². The van der Waals surface area contributed by atoms with Gasteiger partial charge in [0, 0.05) is 27.9 Å². The topological polar surface area (TPSA) is 3.24 Å². The minimum Gasteiger partial charge on any atom is -0.310 e. The Morgan fingerprint density at radius 3 is 1.56 bits per heavy atom. The summed E-state index contributed by atoms with van der Waals surface area (Å²) in [5.41, 5.74) is 22.9. The fourth-order valence-electron chi connectivity index (χ4n) is 10.6. The van der Waals surface area contributed by atoms with Gasteiger partial charge in [0.25, 0.3) is 0 Å². The summed E-state index contributed by atoms with van der Waals surface area (Å²) in [7, 11) is 0. The first-order chi connectivity index (χ1) is 29.7. The predicted molar refractivity (Wildman–Crippen MR) is 264 cm³/mol. The minimum absolute atomic E-state index is 0.00413. The van der Waals surface area contributed by atoms with Gasteiger partial charge in [-0.05, 0) is 138 Å². The third-order valence-corrected chi connectivity index (χ3v) is 14.0. The summed E-state index contributed by atoms with van der Waals surface area (Å²) in [6, 6.07) is 68.3. The van der Waals surface area contributed by atoms with Gasteiger partial charge in [-0.25, -0.2) is 0 Å². The SMILES string of the molecule is CC(C)(C)c1cc2c(c(C(C)(C)C)c1)C(C)(c1ccccc1)c1cccc(-c3ccc(N(c4ccc(-c5ccccc5)cc4)c4ccc5c(c4)C(C)(C)c4ccccc4-5)cc3)c1-2. The van der Waals surface area contributed by atoms with Gasteiger partial charge in [-0.1, -0.05) is 201 Å². The van der Waals surface area contributed by atoms with Gasteiger partial charge in [-0.15, -0.1) is 0 Å². The Hall–Kier alpha value is -6.44. The van der Waals surface area contributed by atoms with Gasteiger partial charge in [-0.2, -0.15) is 0 Å². The molecule has 0 heterocycles. The van der Waals surface area contributed by atoms with Crippen LogP contribution in [0.3, 0.4) is 0 Å². The lowest BCUT2D eigenvalue weighted by molar-refractivity contribution is 0.553. The van der Waals surface area contributed by atoms with E-state index in [2.05, 4.69) is 249 Å². The number of hydrogen-bond acceptors (Lipinski definition) is 1. The van der Waals surface area contributed by atoms with Gasteiger partial charge < -0.3 is 4.90 Å². The maximum absolute atomic E-state index is 2.52. The van der Waals surface area contributed by atoms with Crippen molar-refractivity contribution in [3.63, 3.8) is 0 Å². The van der Waals surface area contributed by atoms with Crippen LogP contribution in [0.25, 0.3) is 44.5 Å². The molecule has 2 aliphatic carbocycles. The van der Waals surface area contributed by atoms with Crippen molar-refractivity contribution in [2.45, 2.75) is 84.0 Å². The molecule has 62 heavy (non-hydrogen) atoms. The van der Waals surface area contributed by atoms with Gasteiger partial charge in [0.15, 0.2) is 0 Å². The Labute approximate surface area is 369 Å². The van der Waals surface area contributed by atoms with E-state index < -0.39 is 0 Å². The minimum atomic E-state index is -0.315. The summed E-state index contributed by atoms with van der Waals surface area (Å²) in [4.78, 5) is 2.43. The largest absolute Gasteiger partial charge is 0.310 e.